The van der Waals surface area contributed by atoms with Crippen LogP contribution < -0.4 is 5.32 Å². The predicted octanol–water partition coefficient (Wildman–Crippen LogP) is 3.76. The number of ether oxygens (including phenoxy) is 1. The Morgan fingerprint density at radius 3 is 2.72 bits per heavy atom. The zero-order valence-corrected chi connectivity index (χ0v) is 15.2. The van der Waals surface area contributed by atoms with Gasteiger partial charge in [-0.2, -0.15) is 0 Å². The summed E-state index contributed by atoms with van der Waals surface area (Å²) in [5, 5.41) is 7.86. The van der Waals surface area contributed by atoms with E-state index in [0.29, 0.717) is 10.6 Å². The number of aromatic nitrogens is 1. The van der Waals surface area contributed by atoms with E-state index in [4.69, 9.17) is 4.74 Å². The van der Waals surface area contributed by atoms with E-state index in [9.17, 15) is 9.59 Å². The van der Waals surface area contributed by atoms with Crippen LogP contribution in [0.1, 0.15) is 26.6 Å². The number of anilines is 1. The smallest absolute Gasteiger partial charge is 0.340 e. The first-order chi connectivity index (χ1) is 12.2. The summed E-state index contributed by atoms with van der Waals surface area (Å²) in [6.07, 6.45) is 0.925. The van der Waals surface area contributed by atoms with Crippen LogP contribution in [-0.2, 0) is 22.4 Å². The van der Waals surface area contributed by atoms with Gasteiger partial charge >= 0.3 is 5.97 Å². The van der Waals surface area contributed by atoms with Gasteiger partial charge < -0.3 is 10.1 Å². The van der Waals surface area contributed by atoms with E-state index < -0.39 is 5.97 Å². The third-order valence-electron chi connectivity index (χ3n) is 3.46. The van der Waals surface area contributed by atoms with E-state index in [0.717, 1.165) is 17.1 Å². The molecule has 5 nitrogen and oxygen atoms in total. The first-order valence-corrected chi connectivity index (χ1v) is 9.34. The molecule has 128 valence electrons. The predicted molar refractivity (Wildman–Crippen MR) is 99.4 cm³/mol. The highest BCUT2D eigenvalue weighted by molar-refractivity contribution is 7.14. The molecule has 0 fully saturated rings. The fraction of sp³-hybridized carbons (Fsp3) is 0.167. The average Bonchev–Trinajstić information content (AvgIpc) is 3.24. The van der Waals surface area contributed by atoms with Crippen LogP contribution in [-0.4, -0.2) is 24.0 Å². The van der Waals surface area contributed by atoms with Crippen molar-refractivity contribution in [3.8, 4) is 0 Å². The van der Waals surface area contributed by atoms with Gasteiger partial charge in [-0.05, 0) is 17.0 Å². The van der Waals surface area contributed by atoms with Crippen molar-refractivity contribution in [1.82, 2.24) is 4.98 Å². The number of benzene rings is 1. The van der Waals surface area contributed by atoms with Crippen molar-refractivity contribution in [3.63, 3.8) is 0 Å². The first-order valence-electron chi connectivity index (χ1n) is 7.58. The topological polar surface area (TPSA) is 68.3 Å². The van der Waals surface area contributed by atoms with Crippen LogP contribution in [0.2, 0.25) is 0 Å². The quantitative estimate of drug-likeness (QED) is 0.669. The minimum absolute atomic E-state index is 0.170. The molecule has 0 aliphatic rings. The Labute approximate surface area is 153 Å². The molecule has 0 spiro atoms. The van der Waals surface area contributed by atoms with Gasteiger partial charge in [-0.3, -0.25) is 4.79 Å². The monoisotopic (exact) mass is 372 g/mol. The summed E-state index contributed by atoms with van der Waals surface area (Å²) < 4.78 is 4.70. The van der Waals surface area contributed by atoms with Crippen LogP contribution in [0.3, 0.4) is 0 Å². The van der Waals surface area contributed by atoms with E-state index in [1.165, 1.54) is 24.0 Å². The molecule has 0 saturated carbocycles. The number of rotatable bonds is 6. The minimum Gasteiger partial charge on any atom is -0.465 e. The van der Waals surface area contributed by atoms with Crippen LogP contribution in [0.4, 0.5) is 5.00 Å². The van der Waals surface area contributed by atoms with Crippen molar-refractivity contribution in [2.24, 2.45) is 0 Å². The van der Waals surface area contributed by atoms with Crippen LogP contribution in [0.25, 0.3) is 0 Å². The lowest BCUT2D eigenvalue weighted by molar-refractivity contribution is -0.115. The molecule has 2 aromatic heterocycles. The second-order valence-corrected chi connectivity index (χ2v) is 7.13. The summed E-state index contributed by atoms with van der Waals surface area (Å²) in [4.78, 5) is 28.4. The second kappa shape index (κ2) is 8.04. The summed E-state index contributed by atoms with van der Waals surface area (Å²) in [5.74, 6) is -0.667. The lowest BCUT2D eigenvalue weighted by Crippen LogP contribution is -2.16. The first kappa shape index (κ1) is 17.3. The highest BCUT2D eigenvalue weighted by Gasteiger charge is 2.16. The SMILES string of the molecule is COC(=O)c1ccsc1NC(=O)Cc1csc(Cc2ccccc2)n1. The number of thiazole rings is 1. The van der Waals surface area contributed by atoms with Gasteiger partial charge in [0.05, 0.1) is 29.8 Å². The summed E-state index contributed by atoms with van der Waals surface area (Å²) in [5.41, 5.74) is 2.28. The number of esters is 1. The molecular weight excluding hydrogens is 356 g/mol. The molecule has 0 atom stereocenters. The van der Waals surface area contributed by atoms with Crippen LogP contribution >= 0.6 is 22.7 Å². The van der Waals surface area contributed by atoms with Crippen molar-refractivity contribution in [2.75, 3.05) is 12.4 Å². The van der Waals surface area contributed by atoms with Crippen LogP contribution in [0.15, 0.2) is 47.2 Å². The van der Waals surface area contributed by atoms with Gasteiger partial charge in [0.1, 0.15) is 5.00 Å². The van der Waals surface area contributed by atoms with Gasteiger partial charge in [-0.1, -0.05) is 30.3 Å². The molecule has 0 aliphatic carbocycles. The number of methoxy groups -OCH3 is 1. The number of hydrogen-bond acceptors (Lipinski definition) is 6. The van der Waals surface area contributed by atoms with Gasteiger partial charge in [0.15, 0.2) is 0 Å². The van der Waals surface area contributed by atoms with Crippen molar-refractivity contribution < 1.29 is 14.3 Å². The summed E-state index contributed by atoms with van der Waals surface area (Å²) in [6, 6.07) is 11.7. The number of thiophene rings is 1. The van der Waals surface area contributed by atoms with E-state index in [-0.39, 0.29) is 12.3 Å². The number of amides is 1. The number of hydrogen-bond donors (Lipinski definition) is 1. The van der Waals surface area contributed by atoms with E-state index in [2.05, 4.69) is 22.4 Å². The summed E-state index contributed by atoms with van der Waals surface area (Å²) in [7, 11) is 1.31. The van der Waals surface area contributed by atoms with Gasteiger partial charge in [0.25, 0.3) is 0 Å². The molecule has 1 aromatic carbocycles. The standard InChI is InChI=1S/C18H16N2O3S2/c1-23-18(22)14-7-8-24-17(14)20-15(21)10-13-11-25-16(19-13)9-12-5-3-2-4-6-12/h2-8,11H,9-10H2,1H3,(H,20,21). The highest BCUT2D eigenvalue weighted by atomic mass is 32.1. The normalized spacial score (nSPS) is 10.4. The Morgan fingerprint density at radius 2 is 1.96 bits per heavy atom. The molecule has 7 heteroatoms. The second-order valence-electron chi connectivity index (χ2n) is 5.27. The third kappa shape index (κ3) is 4.52. The van der Waals surface area contributed by atoms with E-state index >= 15 is 0 Å². The molecule has 1 amide bonds. The Morgan fingerprint density at radius 1 is 1.16 bits per heavy atom. The summed E-state index contributed by atoms with van der Waals surface area (Å²) in [6.45, 7) is 0. The molecule has 2 heterocycles. The molecule has 1 N–H and O–H groups in total. The largest absolute Gasteiger partial charge is 0.465 e. The summed E-state index contributed by atoms with van der Waals surface area (Å²) >= 11 is 2.83. The van der Waals surface area contributed by atoms with Crippen molar-refractivity contribution in [2.45, 2.75) is 12.8 Å². The minimum atomic E-state index is -0.463. The van der Waals surface area contributed by atoms with Crippen LogP contribution in [0, 0.1) is 0 Å². The highest BCUT2D eigenvalue weighted by Crippen LogP contribution is 2.24. The Kier molecular flexibility index (Phi) is 5.57. The fourth-order valence-electron chi connectivity index (χ4n) is 2.29. The molecule has 25 heavy (non-hydrogen) atoms. The van der Waals surface area contributed by atoms with Gasteiger partial charge in [0, 0.05) is 11.8 Å². The van der Waals surface area contributed by atoms with E-state index in [1.807, 2.05) is 23.6 Å². The number of nitrogens with one attached hydrogen (secondary N) is 1. The lowest BCUT2D eigenvalue weighted by Gasteiger charge is -2.04. The molecular formula is C18H16N2O3S2. The Balaban J connectivity index is 1.60. The molecule has 0 radical (unpaired) electrons. The number of carbonyl (C=O) groups excluding carboxylic acids is 2. The Bertz CT molecular complexity index is 871. The average molecular weight is 372 g/mol. The molecule has 0 bridgehead atoms. The third-order valence-corrected chi connectivity index (χ3v) is 5.19. The molecule has 0 unspecified atom stereocenters. The maximum absolute atomic E-state index is 12.2. The maximum atomic E-state index is 12.2. The number of nitrogens with zero attached hydrogens (tertiary/aromatic N) is 1. The van der Waals surface area contributed by atoms with Crippen molar-refractivity contribution in [1.29, 1.82) is 0 Å². The van der Waals surface area contributed by atoms with Crippen LogP contribution in [0.5, 0.6) is 0 Å². The molecule has 0 saturated heterocycles. The van der Waals surface area contributed by atoms with Crippen molar-refractivity contribution in [3.05, 3.63) is 69.0 Å². The molecule has 3 aromatic rings. The zero-order chi connectivity index (χ0) is 17.6. The van der Waals surface area contributed by atoms with Crippen molar-refractivity contribution >= 4 is 39.6 Å². The maximum Gasteiger partial charge on any atom is 0.340 e. The fourth-order valence-corrected chi connectivity index (χ4v) is 3.91. The van der Waals surface area contributed by atoms with Gasteiger partial charge in [-0.25, -0.2) is 9.78 Å². The van der Waals surface area contributed by atoms with Gasteiger partial charge in [-0.15, -0.1) is 22.7 Å². The van der Waals surface area contributed by atoms with E-state index in [1.54, 1.807) is 22.8 Å². The van der Waals surface area contributed by atoms with Gasteiger partial charge in [0.2, 0.25) is 5.91 Å². The molecule has 0 aliphatic heterocycles. The zero-order valence-electron chi connectivity index (χ0n) is 13.5. The lowest BCUT2D eigenvalue weighted by atomic mass is 10.2. The Hall–Kier alpha value is -2.51. The number of carbonyl (C=O) groups is 2. The molecule has 3 rings (SSSR count).